The molecule has 0 saturated carbocycles. The lowest BCUT2D eigenvalue weighted by molar-refractivity contribution is -0.139. The zero-order chi connectivity index (χ0) is 21.1. The van der Waals surface area contributed by atoms with E-state index in [0.29, 0.717) is 21.3 Å². The number of fused-ring (bicyclic) bond motifs is 1. The molecule has 0 aliphatic rings. The zero-order valence-electron chi connectivity index (χ0n) is 16.5. The number of rotatable bonds is 6. The first-order chi connectivity index (χ1) is 13.8. The minimum atomic E-state index is -0.439. The fraction of sp³-hybridized carbons (Fsp3) is 0.300. The van der Waals surface area contributed by atoms with Gasteiger partial charge in [0, 0.05) is 4.47 Å². The Kier molecular flexibility index (Phi) is 6.49. The normalized spacial score (nSPS) is 10.8. The van der Waals surface area contributed by atoms with Gasteiger partial charge in [-0.3, -0.25) is 4.79 Å². The van der Waals surface area contributed by atoms with Gasteiger partial charge in [0.2, 0.25) is 0 Å². The summed E-state index contributed by atoms with van der Waals surface area (Å²) in [5.41, 5.74) is 2.65. The highest BCUT2D eigenvalue weighted by atomic mass is 79.9. The lowest BCUT2D eigenvalue weighted by Crippen LogP contribution is -2.09. The van der Waals surface area contributed by atoms with Crippen molar-refractivity contribution in [2.75, 3.05) is 19.0 Å². The molecule has 2 heterocycles. The monoisotopic (exact) mass is 477 g/mol. The molecule has 152 valence electrons. The third-order valence-corrected chi connectivity index (χ3v) is 6.03. The van der Waals surface area contributed by atoms with Crippen LogP contribution in [0.25, 0.3) is 10.2 Å². The van der Waals surface area contributed by atoms with Crippen molar-refractivity contribution in [1.82, 2.24) is 9.97 Å². The molecule has 0 aliphatic carbocycles. The molecule has 0 aliphatic heterocycles. The summed E-state index contributed by atoms with van der Waals surface area (Å²) in [6.45, 7) is 5.88. The molecule has 1 N–H and O–H groups in total. The Hall–Kier alpha value is -2.52. The van der Waals surface area contributed by atoms with Crippen molar-refractivity contribution in [2.24, 2.45) is 0 Å². The van der Waals surface area contributed by atoms with Crippen LogP contribution in [0.15, 0.2) is 22.7 Å². The van der Waals surface area contributed by atoms with E-state index < -0.39 is 11.9 Å². The maximum absolute atomic E-state index is 12.3. The summed E-state index contributed by atoms with van der Waals surface area (Å²) in [6, 6.07) is 5.90. The van der Waals surface area contributed by atoms with Crippen molar-refractivity contribution >= 4 is 60.9 Å². The number of aromatic nitrogens is 2. The van der Waals surface area contributed by atoms with E-state index in [0.717, 1.165) is 26.7 Å². The second-order valence-electron chi connectivity index (χ2n) is 6.31. The molecule has 9 heteroatoms. The highest BCUT2D eigenvalue weighted by Gasteiger charge is 2.22. The highest BCUT2D eigenvalue weighted by molar-refractivity contribution is 9.10. The average molecular weight is 478 g/mol. The number of nitrogens with one attached hydrogen (secondary N) is 1. The molecule has 0 saturated heterocycles. The summed E-state index contributed by atoms with van der Waals surface area (Å²) in [4.78, 5) is 34.2. The van der Waals surface area contributed by atoms with E-state index in [1.807, 2.05) is 32.0 Å². The lowest BCUT2D eigenvalue weighted by atomic mass is 10.2. The van der Waals surface area contributed by atoms with Gasteiger partial charge in [0.15, 0.2) is 0 Å². The Morgan fingerprint density at radius 3 is 2.66 bits per heavy atom. The van der Waals surface area contributed by atoms with Gasteiger partial charge in [0.05, 0.1) is 24.8 Å². The van der Waals surface area contributed by atoms with Crippen LogP contribution >= 0.6 is 27.3 Å². The molecule has 3 aromatic rings. The van der Waals surface area contributed by atoms with Gasteiger partial charge in [-0.25, -0.2) is 14.8 Å². The predicted octanol–water partition coefficient (Wildman–Crippen LogP) is 4.71. The van der Waals surface area contributed by atoms with Gasteiger partial charge in [-0.2, -0.15) is 0 Å². The summed E-state index contributed by atoms with van der Waals surface area (Å²) < 4.78 is 10.8. The van der Waals surface area contributed by atoms with Crippen LogP contribution in [0, 0.1) is 13.8 Å². The summed E-state index contributed by atoms with van der Waals surface area (Å²) >= 11 is 4.78. The van der Waals surface area contributed by atoms with Crippen molar-refractivity contribution in [3.63, 3.8) is 0 Å². The molecule has 3 rings (SSSR count). The van der Waals surface area contributed by atoms with E-state index in [1.165, 1.54) is 18.4 Å². The minimum absolute atomic E-state index is 0.0676. The van der Waals surface area contributed by atoms with Crippen LogP contribution in [0.2, 0.25) is 0 Å². The Bertz CT molecular complexity index is 1100. The van der Waals surface area contributed by atoms with Gasteiger partial charge < -0.3 is 14.8 Å². The van der Waals surface area contributed by atoms with Crippen LogP contribution in [0.3, 0.4) is 0 Å². The van der Waals surface area contributed by atoms with Gasteiger partial charge in [0.1, 0.15) is 27.8 Å². The van der Waals surface area contributed by atoms with E-state index in [1.54, 1.807) is 6.92 Å². The molecule has 2 aromatic heterocycles. The van der Waals surface area contributed by atoms with E-state index >= 15 is 0 Å². The van der Waals surface area contributed by atoms with Crippen LogP contribution in [-0.4, -0.2) is 35.6 Å². The number of methoxy groups -OCH3 is 1. The van der Waals surface area contributed by atoms with E-state index in [2.05, 4.69) is 31.2 Å². The molecule has 0 atom stereocenters. The second-order valence-corrected chi connectivity index (χ2v) is 8.16. The van der Waals surface area contributed by atoms with Crippen LogP contribution in [0.1, 0.15) is 33.5 Å². The SMILES string of the molecule is CCOC(=O)c1sc2nc(CC(=O)OC)nc(Nc3ccc(C)cc3Br)c2c1C. The van der Waals surface area contributed by atoms with Crippen molar-refractivity contribution in [1.29, 1.82) is 0 Å². The number of thiophene rings is 1. The van der Waals surface area contributed by atoms with Gasteiger partial charge >= 0.3 is 11.9 Å². The molecule has 0 bridgehead atoms. The lowest BCUT2D eigenvalue weighted by Gasteiger charge is -2.11. The van der Waals surface area contributed by atoms with Gasteiger partial charge in [0.25, 0.3) is 0 Å². The number of hydrogen-bond donors (Lipinski definition) is 1. The van der Waals surface area contributed by atoms with Crippen LogP contribution in [-0.2, 0) is 20.7 Å². The van der Waals surface area contributed by atoms with Crippen LogP contribution < -0.4 is 5.32 Å². The molecular formula is C20H20BrN3O4S. The van der Waals surface area contributed by atoms with Crippen molar-refractivity contribution in [3.05, 3.63) is 44.5 Å². The first-order valence-corrected chi connectivity index (χ1v) is 10.5. The molecule has 0 spiro atoms. The fourth-order valence-corrected chi connectivity index (χ4v) is 4.48. The van der Waals surface area contributed by atoms with Crippen LogP contribution in [0.4, 0.5) is 11.5 Å². The van der Waals surface area contributed by atoms with E-state index in [9.17, 15) is 9.59 Å². The largest absolute Gasteiger partial charge is 0.469 e. The minimum Gasteiger partial charge on any atom is -0.469 e. The predicted molar refractivity (Wildman–Crippen MR) is 116 cm³/mol. The van der Waals surface area contributed by atoms with Crippen molar-refractivity contribution < 1.29 is 19.1 Å². The zero-order valence-corrected chi connectivity index (χ0v) is 18.9. The number of anilines is 2. The standard InChI is InChI=1S/C20H20BrN3O4S/c1-5-28-20(26)17-11(3)16-18(22-13-7-6-10(2)8-12(13)21)23-14(9-15(25)27-4)24-19(16)29-17/h6-8H,5,9H2,1-4H3,(H,22,23,24). The number of benzene rings is 1. The molecule has 0 unspecified atom stereocenters. The molecule has 0 fully saturated rings. The first kappa shape index (κ1) is 21.2. The summed E-state index contributed by atoms with van der Waals surface area (Å²) in [5.74, 6) is -0.00908. The summed E-state index contributed by atoms with van der Waals surface area (Å²) in [6.07, 6.45) is -0.0676. The Labute approximate surface area is 180 Å². The molecule has 1 aromatic carbocycles. The first-order valence-electron chi connectivity index (χ1n) is 8.91. The number of carbonyl (C=O) groups is 2. The Balaban J connectivity index is 2.15. The maximum atomic E-state index is 12.3. The maximum Gasteiger partial charge on any atom is 0.348 e. The van der Waals surface area contributed by atoms with Crippen molar-refractivity contribution in [2.45, 2.75) is 27.2 Å². The number of carbonyl (C=O) groups excluding carboxylic acids is 2. The smallest absolute Gasteiger partial charge is 0.348 e. The van der Waals surface area contributed by atoms with Gasteiger partial charge in [-0.15, -0.1) is 11.3 Å². The highest BCUT2D eigenvalue weighted by Crippen LogP contribution is 2.37. The quantitative estimate of drug-likeness (QED) is 0.514. The van der Waals surface area contributed by atoms with Gasteiger partial charge in [-0.1, -0.05) is 6.07 Å². The topological polar surface area (TPSA) is 90.4 Å². The average Bonchev–Trinajstić information content (AvgIpc) is 3.01. The second kappa shape index (κ2) is 8.87. The van der Waals surface area contributed by atoms with Crippen molar-refractivity contribution in [3.8, 4) is 0 Å². The van der Waals surface area contributed by atoms with Gasteiger partial charge in [-0.05, 0) is 60.0 Å². The molecule has 0 amide bonds. The number of hydrogen-bond acceptors (Lipinski definition) is 8. The fourth-order valence-electron chi connectivity index (χ4n) is 2.79. The number of nitrogens with zero attached hydrogens (tertiary/aromatic N) is 2. The Morgan fingerprint density at radius 2 is 2.00 bits per heavy atom. The van der Waals surface area contributed by atoms with Crippen LogP contribution in [0.5, 0.6) is 0 Å². The molecule has 7 nitrogen and oxygen atoms in total. The number of esters is 2. The summed E-state index contributed by atoms with van der Waals surface area (Å²) in [7, 11) is 1.32. The molecule has 29 heavy (non-hydrogen) atoms. The number of ether oxygens (including phenoxy) is 2. The number of halogens is 1. The third-order valence-electron chi connectivity index (χ3n) is 4.21. The van der Waals surface area contributed by atoms with E-state index in [4.69, 9.17) is 9.47 Å². The van der Waals surface area contributed by atoms with E-state index in [-0.39, 0.29) is 13.0 Å². The molecule has 0 radical (unpaired) electrons. The number of aryl methyl sites for hydroxylation is 2. The Morgan fingerprint density at radius 1 is 1.24 bits per heavy atom. The third kappa shape index (κ3) is 4.56. The molecular weight excluding hydrogens is 458 g/mol. The summed E-state index contributed by atoms with van der Waals surface area (Å²) in [5, 5.41) is 4.03.